The van der Waals surface area contributed by atoms with Crippen LogP contribution in [0.4, 0.5) is 9.93 Å². The van der Waals surface area contributed by atoms with Gasteiger partial charge < -0.3 is 10.4 Å². The van der Waals surface area contributed by atoms with E-state index in [1.165, 1.54) is 0 Å². The number of terminal acetylenes is 1. The van der Waals surface area contributed by atoms with Crippen LogP contribution < -0.4 is 15.4 Å². The van der Waals surface area contributed by atoms with Gasteiger partial charge in [0.2, 0.25) is 0 Å². The topological polar surface area (TPSA) is 74.2 Å². The van der Waals surface area contributed by atoms with Gasteiger partial charge in [0.15, 0.2) is 5.13 Å². The van der Waals surface area contributed by atoms with Crippen molar-refractivity contribution in [3.63, 3.8) is 0 Å². The van der Waals surface area contributed by atoms with E-state index in [4.69, 9.17) is 31.0 Å². The summed E-state index contributed by atoms with van der Waals surface area (Å²) in [5.74, 6) is 2.73. The summed E-state index contributed by atoms with van der Waals surface area (Å²) < 4.78 is 0.419. The highest BCUT2D eigenvalue weighted by atomic mass is 35.5. The molecule has 1 atom stereocenters. The summed E-state index contributed by atoms with van der Waals surface area (Å²) in [6.07, 6.45) is 5.75. The zero-order valence-corrected chi connectivity index (χ0v) is 14.5. The van der Waals surface area contributed by atoms with Crippen LogP contribution in [-0.2, 0) is 5.41 Å². The fraction of sp³-hybridized carbons (Fsp3) is 0.250. The second-order valence-electron chi connectivity index (χ2n) is 5.11. The van der Waals surface area contributed by atoms with Gasteiger partial charge in [-0.25, -0.2) is 9.78 Å². The monoisotopic (exact) mass is 359 g/mol. The van der Waals surface area contributed by atoms with Crippen LogP contribution in [0.1, 0.15) is 18.2 Å². The SMILES string of the molecule is [B]c1sc(NC(=O)NCCO)nc1[C@](C)(C#C)c1ccc(Cl)cc1. The highest BCUT2D eigenvalue weighted by molar-refractivity contribution is 7.23. The Balaban J connectivity index is 2.31. The molecule has 0 bridgehead atoms. The van der Waals surface area contributed by atoms with Gasteiger partial charge in [0, 0.05) is 11.6 Å². The third-order valence-electron chi connectivity index (χ3n) is 3.46. The number of hydrogen-bond donors (Lipinski definition) is 3. The molecule has 122 valence electrons. The van der Waals surface area contributed by atoms with Gasteiger partial charge in [-0.1, -0.05) is 29.7 Å². The Labute approximate surface area is 150 Å². The average molecular weight is 360 g/mol. The van der Waals surface area contributed by atoms with Crippen LogP contribution in [0.2, 0.25) is 5.02 Å². The van der Waals surface area contributed by atoms with Gasteiger partial charge >= 0.3 is 6.03 Å². The first-order chi connectivity index (χ1) is 11.4. The number of carbonyl (C=O) groups is 1. The number of amides is 2. The van der Waals surface area contributed by atoms with Crippen molar-refractivity contribution in [1.82, 2.24) is 10.3 Å². The van der Waals surface area contributed by atoms with Crippen molar-refractivity contribution in [1.29, 1.82) is 0 Å². The number of anilines is 1. The van der Waals surface area contributed by atoms with Gasteiger partial charge in [0.25, 0.3) is 0 Å². The molecule has 0 saturated carbocycles. The molecule has 0 aliphatic carbocycles. The molecule has 0 unspecified atom stereocenters. The molecule has 0 aliphatic rings. The van der Waals surface area contributed by atoms with Gasteiger partial charge in [0.05, 0.1) is 17.7 Å². The molecule has 2 amide bonds. The third kappa shape index (κ3) is 3.90. The standard InChI is InChI=1S/C16H15BClN3O2S/c1-3-16(2,10-4-6-11(18)7-5-10)12-13(17)24-15(20-12)21-14(23)19-8-9-22/h1,4-7,22H,8-9H2,2H3,(H2,19,20,21,23)/t16-/m1/s1. The number of carbonyl (C=O) groups excluding carboxylic acids is 1. The number of halogens is 1. The van der Waals surface area contributed by atoms with E-state index in [1.54, 1.807) is 12.1 Å². The first-order valence-electron chi connectivity index (χ1n) is 7.07. The smallest absolute Gasteiger partial charge is 0.321 e. The summed E-state index contributed by atoms with van der Waals surface area (Å²) in [4.78, 5) is 16.0. The number of urea groups is 1. The minimum absolute atomic E-state index is 0.145. The maximum Gasteiger partial charge on any atom is 0.321 e. The van der Waals surface area contributed by atoms with Gasteiger partial charge in [-0.3, -0.25) is 5.32 Å². The Hall–Kier alpha value is -2.01. The largest absolute Gasteiger partial charge is 0.395 e. The fourth-order valence-electron chi connectivity index (χ4n) is 2.13. The molecular formula is C16H15BClN3O2S. The normalized spacial score (nSPS) is 12.9. The molecule has 5 nitrogen and oxygen atoms in total. The van der Waals surface area contributed by atoms with E-state index in [9.17, 15) is 4.79 Å². The van der Waals surface area contributed by atoms with Crippen molar-refractivity contribution < 1.29 is 9.90 Å². The number of nitrogens with one attached hydrogen (secondary N) is 2. The lowest BCUT2D eigenvalue weighted by atomic mass is 9.77. The van der Waals surface area contributed by atoms with E-state index in [2.05, 4.69) is 21.5 Å². The maximum atomic E-state index is 11.7. The van der Waals surface area contributed by atoms with E-state index >= 15 is 0 Å². The van der Waals surface area contributed by atoms with Crippen LogP contribution >= 0.6 is 22.9 Å². The minimum Gasteiger partial charge on any atom is -0.395 e. The average Bonchev–Trinajstić information content (AvgIpc) is 2.93. The molecule has 0 aliphatic heterocycles. The second-order valence-corrected chi connectivity index (χ2v) is 6.58. The summed E-state index contributed by atoms with van der Waals surface area (Å²) in [6.45, 7) is 1.83. The van der Waals surface area contributed by atoms with Crippen molar-refractivity contribution >= 4 is 46.7 Å². The predicted octanol–water partition coefficient (Wildman–Crippen LogP) is 1.64. The number of rotatable bonds is 5. The molecule has 8 heteroatoms. The number of hydrogen-bond acceptors (Lipinski definition) is 4. The second kappa shape index (κ2) is 7.71. The Morgan fingerprint density at radius 2 is 2.17 bits per heavy atom. The fourth-order valence-corrected chi connectivity index (χ4v) is 3.09. The number of thiazole rings is 1. The van der Waals surface area contributed by atoms with Crippen LogP contribution in [0, 0.1) is 12.3 Å². The lowest BCUT2D eigenvalue weighted by Crippen LogP contribution is -2.31. The number of aromatic nitrogens is 1. The third-order valence-corrected chi connectivity index (χ3v) is 4.51. The highest BCUT2D eigenvalue weighted by Crippen LogP contribution is 2.32. The van der Waals surface area contributed by atoms with E-state index in [0.717, 1.165) is 16.9 Å². The molecule has 0 spiro atoms. The molecular weight excluding hydrogens is 345 g/mol. The number of aliphatic hydroxyl groups excluding tert-OH is 1. The summed E-state index contributed by atoms with van der Waals surface area (Å²) in [5, 5.41) is 14.7. The van der Waals surface area contributed by atoms with Crippen LogP contribution in [-0.4, -0.2) is 37.1 Å². The van der Waals surface area contributed by atoms with Crippen LogP contribution in [0.15, 0.2) is 24.3 Å². The summed E-state index contributed by atoms with van der Waals surface area (Å²) >= 11 is 7.05. The summed E-state index contributed by atoms with van der Waals surface area (Å²) in [7, 11) is 6.07. The molecule has 0 fully saturated rings. The number of nitrogens with zero attached hydrogens (tertiary/aromatic N) is 1. The predicted molar refractivity (Wildman–Crippen MR) is 98.3 cm³/mol. The summed E-state index contributed by atoms with van der Waals surface area (Å²) in [6, 6.07) is 6.66. The van der Waals surface area contributed by atoms with Crippen LogP contribution in [0.25, 0.3) is 0 Å². The van der Waals surface area contributed by atoms with Crippen molar-refractivity contribution in [2.24, 2.45) is 0 Å². The van der Waals surface area contributed by atoms with Gasteiger partial charge in [-0.05, 0) is 29.4 Å². The van der Waals surface area contributed by atoms with Gasteiger partial charge in [0.1, 0.15) is 7.85 Å². The Morgan fingerprint density at radius 1 is 1.50 bits per heavy atom. The van der Waals surface area contributed by atoms with Gasteiger partial charge in [-0.2, -0.15) is 0 Å². The van der Waals surface area contributed by atoms with Crippen molar-refractivity contribution in [3.8, 4) is 12.3 Å². The van der Waals surface area contributed by atoms with Crippen molar-refractivity contribution in [2.75, 3.05) is 18.5 Å². The van der Waals surface area contributed by atoms with Crippen molar-refractivity contribution in [2.45, 2.75) is 12.3 Å². The zero-order valence-electron chi connectivity index (χ0n) is 13.0. The van der Waals surface area contributed by atoms with E-state index in [0.29, 0.717) is 20.6 Å². The van der Waals surface area contributed by atoms with E-state index in [1.807, 2.05) is 19.1 Å². The number of benzene rings is 1. The first-order valence-corrected chi connectivity index (χ1v) is 8.26. The molecule has 1 aromatic heterocycles. The molecule has 3 N–H and O–H groups in total. The summed E-state index contributed by atoms with van der Waals surface area (Å²) in [5.41, 5.74) is 0.463. The van der Waals surface area contributed by atoms with Crippen LogP contribution in [0.3, 0.4) is 0 Å². The molecule has 2 rings (SSSR count). The molecule has 1 heterocycles. The molecule has 2 radical (unpaired) electrons. The molecule has 1 aromatic carbocycles. The van der Waals surface area contributed by atoms with Crippen molar-refractivity contribution in [3.05, 3.63) is 40.5 Å². The molecule has 2 aromatic rings. The quantitative estimate of drug-likeness (QED) is 0.561. The molecule has 24 heavy (non-hydrogen) atoms. The van der Waals surface area contributed by atoms with E-state index < -0.39 is 11.4 Å². The lowest BCUT2D eigenvalue weighted by Gasteiger charge is -2.23. The maximum absolute atomic E-state index is 11.7. The zero-order chi connectivity index (χ0) is 17.7. The van der Waals surface area contributed by atoms with Gasteiger partial charge in [-0.15, -0.1) is 17.8 Å². The van der Waals surface area contributed by atoms with E-state index in [-0.39, 0.29) is 13.2 Å². The highest BCUT2D eigenvalue weighted by Gasteiger charge is 2.31. The molecule has 0 saturated heterocycles. The lowest BCUT2D eigenvalue weighted by molar-refractivity contribution is 0.245. The Kier molecular flexibility index (Phi) is 5.89. The van der Waals surface area contributed by atoms with Crippen LogP contribution in [0.5, 0.6) is 0 Å². The minimum atomic E-state index is -0.854. The number of aliphatic hydroxyl groups is 1. The Morgan fingerprint density at radius 3 is 2.75 bits per heavy atom. The Bertz CT molecular complexity index is 773. The first kappa shape index (κ1) is 18.3.